The second kappa shape index (κ2) is 8.62. The Bertz CT molecular complexity index is 479. The van der Waals surface area contributed by atoms with Crippen molar-refractivity contribution in [2.45, 2.75) is 45.7 Å². The Balaban J connectivity index is 2.97. The highest BCUT2D eigenvalue weighted by Gasteiger charge is 2.27. The van der Waals surface area contributed by atoms with Crippen molar-refractivity contribution in [1.29, 1.82) is 0 Å². The van der Waals surface area contributed by atoms with Crippen molar-refractivity contribution in [3.05, 3.63) is 33.8 Å². The van der Waals surface area contributed by atoms with Crippen LogP contribution in [-0.4, -0.2) is 19.1 Å². The molecule has 0 aromatic heterocycles. The molecule has 0 aliphatic rings. The molecular weight excluding hydrogens is 309 g/mol. The molecule has 0 fully saturated rings. The van der Waals surface area contributed by atoms with E-state index in [1.807, 2.05) is 19.1 Å². The molecule has 0 bridgehead atoms. The summed E-state index contributed by atoms with van der Waals surface area (Å²) in [6.45, 7) is 6.16. The largest absolute Gasteiger partial charge is 0.468 e. The van der Waals surface area contributed by atoms with E-state index >= 15 is 0 Å². The van der Waals surface area contributed by atoms with E-state index < -0.39 is 0 Å². The van der Waals surface area contributed by atoms with Gasteiger partial charge in [0, 0.05) is 6.04 Å². The van der Waals surface area contributed by atoms with Crippen LogP contribution in [0.3, 0.4) is 0 Å². The molecule has 21 heavy (non-hydrogen) atoms. The Labute approximate surface area is 137 Å². The maximum absolute atomic E-state index is 12.0. The molecule has 0 saturated heterocycles. The van der Waals surface area contributed by atoms with E-state index in [2.05, 4.69) is 19.2 Å². The molecule has 0 heterocycles. The van der Waals surface area contributed by atoms with Gasteiger partial charge in [-0.1, -0.05) is 56.5 Å². The number of benzene rings is 1. The zero-order chi connectivity index (χ0) is 16.0. The number of halogens is 2. The second-order valence-corrected chi connectivity index (χ2v) is 6.00. The van der Waals surface area contributed by atoms with Crippen molar-refractivity contribution in [3.63, 3.8) is 0 Å². The van der Waals surface area contributed by atoms with Gasteiger partial charge in [-0.05, 0) is 30.0 Å². The van der Waals surface area contributed by atoms with Crippen LogP contribution in [0.4, 0.5) is 0 Å². The standard InChI is InChI=1S/C16H23Cl2NO2/c1-5-10(3)15(16(20)21-4)19-14(6-2)11-7-8-12(17)13(18)9-11/h7-10,14-15,19H,5-6H2,1-4H3. The predicted molar refractivity (Wildman–Crippen MR) is 87.9 cm³/mol. The van der Waals surface area contributed by atoms with Crippen molar-refractivity contribution in [2.75, 3.05) is 7.11 Å². The fourth-order valence-electron chi connectivity index (χ4n) is 2.22. The molecule has 1 aromatic carbocycles. The van der Waals surface area contributed by atoms with Gasteiger partial charge in [-0.25, -0.2) is 0 Å². The molecule has 3 atom stereocenters. The summed E-state index contributed by atoms with van der Waals surface area (Å²) in [5.74, 6) is -0.0443. The van der Waals surface area contributed by atoms with Gasteiger partial charge in [-0.2, -0.15) is 0 Å². The van der Waals surface area contributed by atoms with E-state index in [0.29, 0.717) is 10.0 Å². The van der Waals surface area contributed by atoms with Gasteiger partial charge in [0.05, 0.1) is 17.2 Å². The molecule has 0 amide bonds. The zero-order valence-electron chi connectivity index (χ0n) is 13.0. The van der Waals surface area contributed by atoms with E-state index in [1.54, 1.807) is 6.07 Å². The lowest BCUT2D eigenvalue weighted by molar-refractivity contribution is -0.144. The van der Waals surface area contributed by atoms with Gasteiger partial charge in [-0.3, -0.25) is 10.1 Å². The Morgan fingerprint density at radius 2 is 1.90 bits per heavy atom. The zero-order valence-corrected chi connectivity index (χ0v) is 14.5. The smallest absolute Gasteiger partial charge is 0.323 e. The van der Waals surface area contributed by atoms with Gasteiger partial charge >= 0.3 is 5.97 Å². The minimum atomic E-state index is -0.334. The fraction of sp³-hybridized carbons (Fsp3) is 0.562. The van der Waals surface area contributed by atoms with Crippen LogP contribution in [0, 0.1) is 5.92 Å². The van der Waals surface area contributed by atoms with Gasteiger partial charge in [0.1, 0.15) is 6.04 Å². The van der Waals surface area contributed by atoms with Crippen molar-refractivity contribution in [3.8, 4) is 0 Å². The van der Waals surface area contributed by atoms with Crippen LogP contribution in [0.1, 0.15) is 45.2 Å². The van der Waals surface area contributed by atoms with E-state index in [4.69, 9.17) is 27.9 Å². The third-order valence-corrected chi connectivity index (χ3v) is 4.54. The highest BCUT2D eigenvalue weighted by molar-refractivity contribution is 6.42. The Morgan fingerprint density at radius 3 is 2.38 bits per heavy atom. The quantitative estimate of drug-likeness (QED) is 0.740. The first-order chi connectivity index (χ1) is 9.94. The van der Waals surface area contributed by atoms with E-state index in [9.17, 15) is 4.79 Å². The Hall–Kier alpha value is -0.770. The van der Waals surface area contributed by atoms with Crippen molar-refractivity contribution in [2.24, 2.45) is 5.92 Å². The predicted octanol–water partition coefficient (Wildman–Crippen LogP) is 4.62. The second-order valence-electron chi connectivity index (χ2n) is 5.19. The molecular formula is C16H23Cl2NO2. The van der Waals surface area contributed by atoms with E-state index in [0.717, 1.165) is 18.4 Å². The number of carbonyl (C=O) groups excluding carboxylic acids is 1. The molecule has 1 aromatic rings. The summed E-state index contributed by atoms with van der Waals surface area (Å²) < 4.78 is 4.91. The molecule has 0 saturated carbocycles. The lowest BCUT2D eigenvalue weighted by Gasteiger charge is -2.27. The van der Waals surface area contributed by atoms with Crippen LogP contribution >= 0.6 is 23.2 Å². The highest BCUT2D eigenvalue weighted by atomic mass is 35.5. The molecule has 0 aliphatic carbocycles. The van der Waals surface area contributed by atoms with Gasteiger partial charge in [0.2, 0.25) is 0 Å². The summed E-state index contributed by atoms with van der Waals surface area (Å²) in [6.07, 6.45) is 1.73. The first kappa shape index (κ1) is 18.3. The molecule has 0 radical (unpaired) electrons. The average molecular weight is 332 g/mol. The van der Waals surface area contributed by atoms with Gasteiger partial charge in [0.15, 0.2) is 0 Å². The number of methoxy groups -OCH3 is 1. The highest BCUT2D eigenvalue weighted by Crippen LogP contribution is 2.28. The molecule has 0 aliphatic heterocycles. The maximum Gasteiger partial charge on any atom is 0.323 e. The normalized spacial score (nSPS) is 15.3. The first-order valence-corrected chi connectivity index (χ1v) is 7.98. The van der Waals surface area contributed by atoms with Crippen LogP contribution in [0.25, 0.3) is 0 Å². The van der Waals surface area contributed by atoms with Crippen molar-refractivity contribution >= 4 is 29.2 Å². The van der Waals surface area contributed by atoms with E-state index in [1.165, 1.54) is 7.11 Å². The Kier molecular flexibility index (Phi) is 7.50. The molecule has 1 rings (SSSR count). The number of carbonyl (C=O) groups is 1. The molecule has 5 heteroatoms. The van der Waals surface area contributed by atoms with Crippen molar-refractivity contribution < 1.29 is 9.53 Å². The van der Waals surface area contributed by atoms with Crippen LogP contribution < -0.4 is 5.32 Å². The van der Waals surface area contributed by atoms with E-state index in [-0.39, 0.29) is 24.0 Å². The van der Waals surface area contributed by atoms with Crippen LogP contribution in [0.15, 0.2) is 18.2 Å². The van der Waals surface area contributed by atoms with Gasteiger partial charge < -0.3 is 4.74 Å². The van der Waals surface area contributed by atoms with Gasteiger partial charge in [0.25, 0.3) is 0 Å². The first-order valence-electron chi connectivity index (χ1n) is 7.23. The van der Waals surface area contributed by atoms with Crippen LogP contribution in [-0.2, 0) is 9.53 Å². The number of esters is 1. The third-order valence-electron chi connectivity index (χ3n) is 3.80. The van der Waals surface area contributed by atoms with Crippen LogP contribution in [0.5, 0.6) is 0 Å². The number of nitrogens with one attached hydrogen (secondary N) is 1. The maximum atomic E-state index is 12.0. The topological polar surface area (TPSA) is 38.3 Å². The monoisotopic (exact) mass is 331 g/mol. The minimum absolute atomic E-state index is 0.0258. The number of hydrogen-bond acceptors (Lipinski definition) is 3. The molecule has 3 unspecified atom stereocenters. The summed E-state index contributed by atoms with van der Waals surface area (Å²) in [6, 6.07) is 5.24. The average Bonchev–Trinajstić information content (AvgIpc) is 2.50. The van der Waals surface area contributed by atoms with Crippen molar-refractivity contribution in [1.82, 2.24) is 5.32 Å². The Morgan fingerprint density at radius 1 is 1.24 bits per heavy atom. The molecule has 118 valence electrons. The third kappa shape index (κ3) is 4.87. The summed E-state index contributed by atoms with van der Waals surface area (Å²) >= 11 is 12.0. The fourth-order valence-corrected chi connectivity index (χ4v) is 2.53. The summed E-state index contributed by atoms with van der Waals surface area (Å²) in [5, 5.41) is 4.44. The number of rotatable bonds is 7. The lowest BCUT2D eigenvalue weighted by Crippen LogP contribution is -2.44. The summed E-state index contributed by atoms with van der Waals surface area (Å²) in [7, 11) is 1.42. The lowest BCUT2D eigenvalue weighted by atomic mass is 9.96. The SMILES string of the molecule is CCC(NC(C(=O)OC)C(C)CC)c1ccc(Cl)c(Cl)c1. The number of ether oxygens (including phenoxy) is 1. The number of hydrogen-bond donors (Lipinski definition) is 1. The minimum Gasteiger partial charge on any atom is -0.468 e. The van der Waals surface area contributed by atoms with Crippen LogP contribution in [0.2, 0.25) is 10.0 Å². The molecule has 1 N–H and O–H groups in total. The summed E-state index contributed by atoms with van der Waals surface area (Å²) in [4.78, 5) is 12.0. The summed E-state index contributed by atoms with van der Waals surface area (Å²) in [5.41, 5.74) is 1.02. The van der Waals surface area contributed by atoms with Gasteiger partial charge in [-0.15, -0.1) is 0 Å². The molecule has 3 nitrogen and oxygen atoms in total. The molecule has 0 spiro atoms.